The molecule has 1 aliphatic carbocycles. The van der Waals surface area contributed by atoms with Crippen molar-refractivity contribution < 1.29 is 19.4 Å². The van der Waals surface area contributed by atoms with Crippen LogP contribution in [0.4, 0.5) is 5.69 Å². The first-order chi connectivity index (χ1) is 10.1. The highest BCUT2D eigenvalue weighted by atomic mass is 16.5. The molecule has 0 radical (unpaired) electrons. The van der Waals surface area contributed by atoms with Gasteiger partial charge in [0.15, 0.2) is 5.78 Å². The predicted molar refractivity (Wildman–Crippen MR) is 79.1 cm³/mol. The summed E-state index contributed by atoms with van der Waals surface area (Å²) in [5.41, 5.74) is 1.18. The fourth-order valence-electron chi connectivity index (χ4n) is 2.06. The number of carbonyl (C=O) groups excluding carboxylic acids is 2. The van der Waals surface area contributed by atoms with Gasteiger partial charge in [-0.05, 0) is 31.5 Å². The molecule has 110 valence electrons. The molecule has 0 aliphatic heterocycles. The van der Waals surface area contributed by atoms with Crippen molar-refractivity contribution in [2.24, 2.45) is 4.99 Å². The topological polar surface area (TPSA) is 76.0 Å². The Morgan fingerprint density at radius 3 is 2.95 bits per heavy atom. The third kappa shape index (κ3) is 3.78. The number of aliphatic imine (C=N–C) groups is 1. The molecule has 0 bridgehead atoms. The third-order valence-corrected chi connectivity index (χ3v) is 3.13. The molecule has 0 heterocycles. The predicted octanol–water partition coefficient (Wildman–Crippen LogP) is 3.13. The molecule has 1 aliphatic rings. The number of benzene rings is 1. The Bertz CT molecular complexity index is 616. The molecule has 1 N–H and O–H groups in total. The zero-order valence-electron chi connectivity index (χ0n) is 11.8. The molecule has 2 rings (SSSR count). The Balaban J connectivity index is 2.20. The molecule has 5 nitrogen and oxygen atoms in total. The zero-order valence-corrected chi connectivity index (χ0v) is 11.8. The van der Waals surface area contributed by atoms with Gasteiger partial charge in [-0.25, -0.2) is 4.79 Å². The fraction of sp³-hybridized carbons (Fsp3) is 0.312. The Morgan fingerprint density at radius 2 is 2.24 bits per heavy atom. The number of nitrogens with zero attached hydrogens (tertiary/aromatic N) is 1. The molecule has 0 unspecified atom stereocenters. The highest BCUT2D eigenvalue weighted by Gasteiger charge is 2.18. The van der Waals surface area contributed by atoms with Crippen molar-refractivity contribution in [2.75, 3.05) is 6.61 Å². The molecule has 0 aromatic heterocycles. The van der Waals surface area contributed by atoms with Crippen molar-refractivity contribution >= 4 is 23.7 Å². The van der Waals surface area contributed by atoms with Crippen molar-refractivity contribution in [3.05, 3.63) is 41.2 Å². The molecule has 21 heavy (non-hydrogen) atoms. The summed E-state index contributed by atoms with van der Waals surface area (Å²) in [5, 5.41) is 9.72. The average molecular weight is 287 g/mol. The van der Waals surface area contributed by atoms with E-state index in [0.29, 0.717) is 37.1 Å². The molecule has 0 amide bonds. The number of ether oxygens (including phenoxy) is 1. The number of rotatable bonds is 4. The van der Waals surface area contributed by atoms with Crippen LogP contribution in [-0.4, -0.2) is 29.7 Å². The van der Waals surface area contributed by atoms with Gasteiger partial charge in [0.25, 0.3) is 0 Å². The number of Topliss-reactive ketones (excluding diaryl/α,β-unsaturated/α-hetero) is 1. The monoisotopic (exact) mass is 287 g/mol. The lowest BCUT2D eigenvalue weighted by Gasteiger charge is -2.11. The van der Waals surface area contributed by atoms with Crippen molar-refractivity contribution in [3.8, 4) is 0 Å². The lowest BCUT2D eigenvalue weighted by atomic mass is 9.97. The molecule has 1 aromatic carbocycles. The Labute approximate surface area is 123 Å². The first-order valence-electron chi connectivity index (χ1n) is 6.88. The van der Waals surface area contributed by atoms with Gasteiger partial charge in [0.05, 0.1) is 23.4 Å². The van der Waals surface area contributed by atoms with Gasteiger partial charge in [0.2, 0.25) is 0 Å². The van der Waals surface area contributed by atoms with Crippen LogP contribution in [0.2, 0.25) is 0 Å². The van der Waals surface area contributed by atoms with E-state index in [1.807, 2.05) is 0 Å². The van der Waals surface area contributed by atoms with E-state index in [1.165, 1.54) is 6.21 Å². The first kappa shape index (κ1) is 15.0. The molecule has 5 heteroatoms. The minimum atomic E-state index is -0.412. The summed E-state index contributed by atoms with van der Waals surface area (Å²) in [6.45, 7) is 2.05. The van der Waals surface area contributed by atoms with E-state index in [4.69, 9.17) is 4.74 Å². The summed E-state index contributed by atoms with van der Waals surface area (Å²) < 4.78 is 4.92. The van der Waals surface area contributed by atoms with Crippen molar-refractivity contribution in [1.82, 2.24) is 0 Å². The second kappa shape index (κ2) is 6.83. The number of hydrogen-bond donors (Lipinski definition) is 1. The second-order valence-corrected chi connectivity index (χ2v) is 4.67. The van der Waals surface area contributed by atoms with Crippen LogP contribution in [0.5, 0.6) is 0 Å². The lowest BCUT2D eigenvalue weighted by molar-refractivity contribution is -0.115. The van der Waals surface area contributed by atoms with Gasteiger partial charge >= 0.3 is 5.97 Å². The molecule has 0 atom stereocenters. The summed E-state index contributed by atoms with van der Waals surface area (Å²) in [6, 6.07) is 6.62. The zero-order chi connectivity index (χ0) is 15.2. The molecular formula is C16H17NO4. The van der Waals surface area contributed by atoms with Gasteiger partial charge < -0.3 is 9.84 Å². The van der Waals surface area contributed by atoms with E-state index < -0.39 is 5.97 Å². The van der Waals surface area contributed by atoms with Crippen molar-refractivity contribution in [2.45, 2.75) is 26.2 Å². The smallest absolute Gasteiger partial charge is 0.338 e. The largest absolute Gasteiger partial charge is 0.512 e. The van der Waals surface area contributed by atoms with Crippen LogP contribution in [0.15, 0.2) is 40.6 Å². The molecule has 0 saturated carbocycles. The van der Waals surface area contributed by atoms with Crippen LogP contribution < -0.4 is 0 Å². The number of aliphatic hydroxyl groups is 1. The summed E-state index contributed by atoms with van der Waals surface area (Å²) in [4.78, 5) is 27.5. The standard InChI is InChI=1S/C16H17NO4/c1-2-21-16(20)11-5-3-6-12(9-11)17-10-13-14(18)7-4-8-15(13)19/h3,5-6,9-10,18H,2,4,7-8H2,1H3. The summed E-state index contributed by atoms with van der Waals surface area (Å²) in [5.74, 6) is -0.439. The quantitative estimate of drug-likeness (QED) is 0.682. The summed E-state index contributed by atoms with van der Waals surface area (Å²) in [7, 11) is 0. The van der Waals surface area contributed by atoms with Gasteiger partial charge in [-0.1, -0.05) is 6.07 Å². The van der Waals surface area contributed by atoms with Crippen molar-refractivity contribution in [1.29, 1.82) is 0 Å². The molecule has 0 spiro atoms. The maximum atomic E-state index is 11.7. The van der Waals surface area contributed by atoms with Crippen LogP contribution in [0, 0.1) is 0 Å². The summed E-state index contributed by atoms with van der Waals surface area (Å²) in [6.07, 6.45) is 2.95. The fourth-order valence-corrected chi connectivity index (χ4v) is 2.06. The van der Waals surface area contributed by atoms with Crippen LogP contribution in [0.25, 0.3) is 0 Å². The van der Waals surface area contributed by atoms with Gasteiger partial charge in [0.1, 0.15) is 5.76 Å². The minimum absolute atomic E-state index is 0.0801. The highest BCUT2D eigenvalue weighted by molar-refractivity contribution is 6.14. The summed E-state index contributed by atoms with van der Waals surface area (Å²) >= 11 is 0. The maximum Gasteiger partial charge on any atom is 0.338 e. The van der Waals surface area contributed by atoms with E-state index in [2.05, 4.69) is 4.99 Å². The average Bonchev–Trinajstić information content (AvgIpc) is 2.47. The van der Waals surface area contributed by atoms with Gasteiger partial charge in [-0.2, -0.15) is 0 Å². The van der Waals surface area contributed by atoms with Crippen LogP contribution in [0.3, 0.4) is 0 Å². The van der Waals surface area contributed by atoms with Crippen LogP contribution >= 0.6 is 0 Å². The lowest BCUT2D eigenvalue weighted by Crippen LogP contribution is -2.12. The third-order valence-electron chi connectivity index (χ3n) is 3.13. The Morgan fingerprint density at radius 1 is 1.43 bits per heavy atom. The van der Waals surface area contributed by atoms with E-state index in [-0.39, 0.29) is 17.1 Å². The van der Waals surface area contributed by atoms with Crippen LogP contribution in [0.1, 0.15) is 36.5 Å². The number of esters is 1. The van der Waals surface area contributed by atoms with Gasteiger partial charge in [0, 0.05) is 19.1 Å². The molecule has 0 fully saturated rings. The molecule has 0 saturated heterocycles. The Hall–Kier alpha value is -2.43. The minimum Gasteiger partial charge on any atom is -0.512 e. The number of allylic oxidation sites excluding steroid dienone is 2. The normalized spacial score (nSPS) is 15.6. The van der Waals surface area contributed by atoms with E-state index in [0.717, 1.165) is 0 Å². The van der Waals surface area contributed by atoms with E-state index in [1.54, 1.807) is 31.2 Å². The van der Waals surface area contributed by atoms with E-state index in [9.17, 15) is 14.7 Å². The van der Waals surface area contributed by atoms with Crippen LogP contribution in [-0.2, 0) is 9.53 Å². The van der Waals surface area contributed by atoms with E-state index >= 15 is 0 Å². The van der Waals surface area contributed by atoms with Crippen molar-refractivity contribution in [3.63, 3.8) is 0 Å². The number of ketones is 1. The number of carbonyl (C=O) groups is 2. The number of aliphatic hydroxyl groups excluding tert-OH is 1. The maximum absolute atomic E-state index is 11.7. The second-order valence-electron chi connectivity index (χ2n) is 4.67. The van der Waals surface area contributed by atoms with Gasteiger partial charge in [-0.15, -0.1) is 0 Å². The molecule has 1 aromatic rings. The Kier molecular flexibility index (Phi) is 4.87. The van der Waals surface area contributed by atoms with Gasteiger partial charge in [-0.3, -0.25) is 9.79 Å². The number of hydrogen-bond acceptors (Lipinski definition) is 5. The first-order valence-corrected chi connectivity index (χ1v) is 6.88. The molecular weight excluding hydrogens is 270 g/mol. The highest BCUT2D eigenvalue weighted by Crippen LogP contribution is 2.20. The SMILES string of the molecule is CCOC(=O)c1cccc(N=CC2=C(O)CCCC2=O)c1.